The summed E-state index contributed by atoms with van der Waals surface area (Å²) in [5.74, 6) is 0.0681. The Balaban J connectivity index is 2.81. The smallest absolute Gasteiger partial charge is 0.252 e. The first-order valence-electron chi connectivity index (χ1n) is 5.24. The van der Waals surface area contributed by atoms with Crippen molar-refractivity contribution in [3.8, 4) is 6.07 Å². The third-order valence-electron chi connectivity index (χ3n) is 2.44. The molecule has 0 bridgehead atoms. The molecular weight excluding hydrogens is 206 g/mol. The first-order valence-corrected chi connectivity index (χ1v) is 5.24. The summed E-state index contributed by atoms with van der Waals surface area (Å²) >= 11 is 0. The van der Waals surface area contributed by atoms with Crippen LogP contribution in [0.3, 0.4) is 0 Å². The SMILES string of the molecule is CCN(CC)C(=O)C(C)n1cnc(C#N)n1. The number of hydrogen-bond donors (Lipinski definition) is 0. The van der Waals surface area contributed by atoms with E-state index in [1.807, 2.05) is 19.9 Å². The van der Waals surface area contributed by atoms with Gasteiger partial charge in [-0.2, -0.15) is 5.26 Å². The fraction of sp³-hybridized carbons (Fsp3) is 0.600. The van der Waals surface area contributed by atoms with Crippen LogP contribution in [0.2, 0.25) is 0 Å². The normalized spacial score (nSPS) is 11.9. The minimum atomic E-state index is -0.422. The summed E-state index contributed by atoms with van der Waals surface area (Å²) in [5.41, 5.74) is 0. The number of hydrogen-bond acceptors (Lipinski definition) is 4. The third kappa shape index (κ3) is 2.37. The molecule has 6 heteroatoms. The molecule has 0 aliphatic heterocycles. The van der Waals surface area contributed by atoms with Gasteiger partial charge in [0.1, 0.15) is 18.4 Å². The molecule has 1 aromatic heterocycles. The first kappa shape index (κ1) is 12.2. The first-order chi connectivity index (χ1) is 7.63. The molecule has 86 valence electrons. The lowest BCUT2D eigenvalue weighted by molar-refractivity contribution is -0.134. The molecule has 0 aliphatic rings. The van der Waals surface area contributed by atoms with E-state index in [0.717, 1.165) is 0 Å². The average Bonchev–Trinajstić information content (AvgIpc) is 2.78. The van der Waals surface area contributed by atoms with E-state index in [-0.39, 0.29) is 11.7 Å². The van der Waals surface area contributed by atoms with Crippen molar-refractivity contribution >= 4 is 5.91 Å². The maximum atomic E-state index is 12.0. The Morgan fingerprint density at radius 1 is 1.62 bits per heavy atom. The van der Waals surface area contributed by atoms with E-state index in [0.29, 0.717) is 13.1 Å². The highest BCUT2D eigenvalue weighted by Gasteiger charge is 2.20. The standard InChI is InChI=1S/C10H15N5O/c1-4-14(5-2)10(16)8(3)15-7-12-9(6-11)13-15/h7-8H,4-5H2,1-3H3. The number of likely N-dealkylation sites (N-methyl/N-ethyl adjacent to an activating group) is 1. The molecule has 0 N–H and O–H groups in total. The van der Waals surface area contributed by atoms with Crippen LogP contribution in [-0.4, -0.2) is 38.7 Å². The van der Waals surface area contributed by atoms with Crippen molar-refractivity contribution in [3.05, 3.63) is 12.2 Å². The summed E-state index contributed by atoms with van der Waals surface area (Å²) in [6.07, 6.45) is 1.41. The molecular formula is C10H15N5O. The topological polar surface area (TPSA) is 74.8 Å². The summed E-state index contributed by atoms with van der Waals surface area (Å²) in [7, 11) is 0. The van der Waals surface area contributed by atoms with E-state index in [4.69, 9.17) is 5.26 Å². The Bertz CT molecular complexity index is 402. The van der Waals surface area contributed by atoms with Gasteiger partial charge in [0.2, 0.25) is 5.91 Å². The van der Waals surface area contributed by atoms with Crippen LogP contribution in [0.15, 0.2) is 6.33 Å². The second-order valence-corrected chi connectivity index (χ2v) is 3.35. The number of carbonyl (C=O) groups is 1. The van der Waals surface area contributed by atoms with Gasteiger partial charge >= 0.3 is 0 Å². The summed E-state index contributed by atoms with van der Waals surface area (Å²) in [4.78, 5) is 17.4. The molecule has 1 atom stereocenters. The van der Waals surface area contributed by atoms with Crippen molar-refractivity contribution in [2.24, 2.45) is 0 Å². The monoisotopic (exact) mass is 221 g/mol. The van der Waals surface area contributed by atoms with Crippen LogP contribution >= 0.6 is 0 Å². The summed E-state index contributed by atoms with van der Waals surface area (Å²) in [6, 6.07) is 1.41. The van der Waals surface area contributed by atoms with E-state index in [2.05, 4.69) is 10.1 Å². The van der Waals surface area contributed by atoms with Gasteiger partial charge in [-0.1, -0.05) is 0 Å². The van der Waals surface area contributed by atoms with Crippen LogP contribution in [-0.2, 0) is 4.79 Å². The molecule has 0 saturated heterocycles. The maximum absolute atomic E-state index is 12.0. The van der Waals surface area contributed by atoms with Crippen LogP contribution in [0.25, 0.3) is 0 Å². The maximum Gasteiger partial charge on any atom is 0.252 e. The molecule has 1 heterocycles. The number of nitrogens with zero attached hydrogens (tertiary/aromatic N) is 5. The number of rotatable bonds is 4. The van der Waals surface area contributed by atoms with Crippen molar-refractivity contribution < 1.29 is 4.79 Å². The van der Waals surface area contributed by atoms with Gasteiger partial charge in [-0.05, 0) is 20.8 Å². The van der Waals surface area contributed by atoms with E-state index in [1.54, 1.807) is 11.8 Å². The predicted octanol–water partition coefficient (Wildman–Crippen LogP) is 0.579. The van der Waals surface area contributed by atoms with E-state index >= 15 is 0 Å². The number of carbonyl (C=O) groups excluding carboxylic acids is 1. The van der Waals surface area contributed by atoms with Gasteiger partial charge in [-0.3, -0.25) is 4.79 Å². The number of aromatic nitrogens is 3. The zero-order valence-electron chi connectivity index (χ0n) is 9.71. The van der Waals surface area contributed by atoms with Gasteiger partial charge < -0.3 is 4.90 Å². The van der Waals surface area contributed by atoms with Crippen molar-refractivity contribution in [2.45, 2.75) is 26.8 Å². The van der Waals surface area contributed by atoms with Crippen LogP contribution in [0.1, 0.15) is 32.6 Å². The van der Waals surface area contributed by atoms with Crippen LogP contribution in [0.4, 0.5) is 0 Å². The Hall–Kier alpha value is -1.90. The van der Waals surface area contributed by atoms with Crippen molar-refractivity contribution in [2.75, 3.05) is 13.1 Å². The minimum Gasteiger partial charge on any atom is -0.341 e. The lowest BCUT2D eigenvalue weighted by atomic mass is 10.3. The predicted molar refractivity (Wildman–Crippen MR) is 57.4 cm³/mol. The molecule has 0 aliphatic carbocycles. The Morgan fingerprint density at radius 3 is 2.69 bits per heavy atom. The molecule has 1 rings (SSSR count). The third-order valence-corrected chi connectivity index (χ3v) is 2.44. The summed E-state index contributed by atoms with van der Waals surface area (Å²) < 4.78 is 1.42. The van der Waals surface area contributed by atoms with E-state index in [1.165, 1.54) is 11.0 Å². The molecule has 0 radical (unpaired) electrons. The van der Waals surface area contributed by atoms with Gasteiger partial charge in [0.25, 0.3) is 5.82 Å². The van der Waals surface area contributed by atoms with Crippen molar-refractivity contribution in [1.29, 1.82) is 5.26 Å². The Kier molecular flexibility index (Phi) is 4.00. The summed E-state index contributed by atoms with van der Waals surface area (Å²) in [6.45, 7) is 6.93. The zero-order valence-corrected chi connectivity index (χ0v) is 9.71. The van der Waals surface area contributed by atoms with Crippen molar-refractivity contribution in [3.63, 3.8) is 0 Å². The van der Waals surface area contributed by atoms with E-state index < -0.39 is 6.04 Å². The van der Waals surface area contributed by atoms with E-state index in [9.17, 15) is 4.79 Å². The summed E-state index contributed by atoms with van der Waals surface area (Å²) in [5, 5.41) is 12.5. The molecule has 0 spiro atoms. The van der Waals surface area contributed by atoms with Crippen molar-refractivity contribution in [1.82, 2.24) is 19.7 Å². The number of nitriles is 1. The van der Waals surface area contributed by atoms with Gasteiger partial charge in [0.15, 0.2) is 0 Å². The average molecular weight is 221 g/mol. The fourth-order valence-corrected chi connectivity index (χ4v) is 1.43. The molecule has 0 aromatic carbocycles. The molecule has 0 saturated carbocycles. The van der Waals surface area contributed by atoms with Gasteiger partial charge in [0, 0.05) is 13.1 Å². The highest BCUT2D eigenvalue weighted by molar-refractivity contribution is 5.79. The largest absolute Gasteiger partial charge is 0.341 e. The lowest BCUT2D eigenvalue weighted by Crippen LogP contribution is -2.36. The minimum absolute atomic E-state index is 0.0145. The molecule has 0 fully saturated rings. The Labute approximate surface area is 94.5 Å². The van der Waals surface area contributed by atoms with Crippen LogP contribution < -0.4 is 0 Å². The fourth-order valence-electron chi connectivity index (χ4n) is 1.43. The highest BCUT2D eigenvalue weighted by atomic mass is 16.2. The Morgan fingerprint density at radius 2 is 2.25 bits per heavy atom. The molecule has 16 heavy (non-hydrogen) atoms. The van der Waals surface area contributed by atoms with Crippen LogP contribution in [0, 0.1) is 11.3 Å². The second-order valence-electron chi connectivity index (χ2n) is 3.35. The lowest BCUT2D eigenvalue weighted by Gasteiger charge is -2.22. The molecule has 6 nitrogen and oxygen atoms in total. The van der Waals surface area contributed by atoms with Gasteiger partial charge in [-0.15, -0.1) is 5.10 Å². The molecule has 1 amide bonds. The molecule has 1 aromatic rings. The van der Waals surface area contributed by atoms with Gasteiger partial charge in [-0.25, -0.2) is 9.67 Å². The highest BCUT2D eigenvalue weighted by Crippen LogP contribution is 2.08. The zero-order chi connectivity index (χ0) is 12.1. The molecule has 1 unspecified atom stereocenters. The quantitative estimate of drug-likeness (QED) is 0.745. The second kappa shape index (κ2) is 5.26. The van der Waals surface area contributed by atoms with Gasteiger partial charge in [0.05, 0.1) is 0 Å². The van der Waals surface area contributed by atoms with Crippen LogP contribution in [0.5, 0.6) is 0 Å². The number of amides is 1.